The molecule has 2 N–H and O–H groups in total. The van der Waals surface area contributed by atoms with Gasteiger partial charge in [-0.2, -0.15) is 0 Å². The van der Waals surface area contributed by atoms with Gasteiger partial charge in [0.15, 0.2) is 0 Å². The van der Waals surface area contributed by atoms with Gasteiger partial charge in [0, 0.05) is 5.69 Å². The van der Waals surface area contributed by atoms with Gasteiger partial charge in [-0.15, -0.1) is 0 Å². The lowest BCUT2D eigenvalue weighted by atomic mass is 10.1. The first-order valence-corrected chi connectivity index (χ1v) is 6.37. The van der Waals surface area contributed by atoms with E-state index in [4.69, 9.17) is 11.6 Å². The fourth-order valence-electron chi connectivity index (χ4n) is 1.73. The van der Waals surface area contributed by atoms with Crippen molar-refractivity contribution in [1.82, 2.24) is 0 Å². The summed E-state index contributed by atoms with van der Waals surface area (Å²) >= 11 is 5.92. The van der Waals surface area contributed by atoms with Crippen molar-refractivity contribution < 1.29 is 19.4 Å². The zero-order valence-electron chi connectivity index (χ0n) is 11.1. The number of hydrogen-bond acceptors (Lipinski definition) is 4. The average Bonchev–Trinajstić information content (AvgIpc) is 2.49. The number of anilines is 1. The second-order valence-electron chi connectivity index (χ2n) is 4.19. The molecule has 0 saturated carbocycles. The Morgan fingerprint density at radius 3 is 2.67 bits per heavy atom. The van der Waals surface area contributed by atoms with E-state index in [1.54, 1.807) is 18.2 Å². The van der Waals surface area contributed by atoms with Crippen molar-refractivity contribution in [3.63, 3.8) is 0 Å². The van der Waals surface area contributed by atoms with Gasteiger partial charge in [0.05, 0.1) is 23.3 Å². The maximum atomic E-state index is 12.1. The average molecular weight is 306 g/mol. The van der Waals surface area contributed by atoms with Crippen molar-refractivity contribution >= 4 is 29.2 Å². The topological polar surface area (TPSA) is 75.6 Å². The minimum Gasteiger partial charge on any atom is -0.508 e. The van der Waals surface area contributed by atoms with E-state index >= 15 is 0 Å². The van der Waals surface area contributed by atoms with Crippen molar-refractivity contribution in [1.29, 1.82) is 0 Å². The third-order valence-corrected chi connectivity index (χ3v) is 3.07. The van der Waals surface area contributed by atoms with Gasteiger partial charge in [0.1, 0.15) is 5.75 Å². The summed E-state index contributed by atoms with van der Waals surface area (Å²) < 4.78 is 4.61. The highest BCUT2D eigenvalue weighted by molar-refractivity contribution is 6.34. The molecule has 2 rings (SSSR count). The van der Waals surface area contributed by atoms with E-state index in [1.807, 2.05) is 0 Å². The number of phenolic OH excluding ortho intramolecular Hbond substituents is 1. The van der Waals surface area contributed by atoms with Gasteiger partial charge < -0.3 is 15.2 Å². The highest BCUT2D eigenvalue weighted by atomic mass is 35.5. The van der Waals surface area contributed by atoms with Crippen LogP contribution < -0.4 is 5.32 Å². The van der Waals surface area contributed by atoms with Gasteiger partial charge in [-0.1, -0.05) is 17.7 Å². The number of ether oxygens (including phenoxy) is 1. The molecule has 0 heterocycles. The molecule has 0 aliphatic carbocycles. The fourth-order valence-corrected chi connectivity index (χ4v) is 1.93. The number of rotatable bonds is 3. The van der Waals surface area contributed by atoms with E-state index in [2.05, 4.69) is 10.1 Å². The van der Waals surface area contributed by atoms with Crippen molar-refractivity contribution in [2.45, 2.75) is 0 Å². The van der Waals surface area contributed by atoms with Gasteiger partial charge in [-0.25, -0.2) is 4.79 Å². The standard InChI is InChI=1S/C15H12ClNO4/c1-21-15(20)9-3-2-4-10(7-9)17-14(19)12-8-11(18)5-6-13(12)16/h2-8,18H,1H3,(H,17,19). The van der Waals surface area contributed by atoms with Crippen molar-refractivity contribution in [2.24, 2.45) is 0 Å². The second-order valence-corrected chi connectivity index (χ2v) is 4.60. The Kier molecular flexibility index (Phi) is 4.45. The van der Waals surface area contributed by atoms with Crippen LogP contribution in [0.5, 0.6) is 5.75 Å². The van der Waals surface area contributed by atoms with Crippen LogP contribution in [0.2, 0.25) is 5.02 Å². The molecule has 21 heavy (non-hydrogen) atoms. The van der Waals surface area contributed by atoms with Crippen LogP contribution in [0.15, 0.2) is 42.5 Å². The highest BCUT2D eigenvalue weighted by Crippen LogP contribution is 2.22. The number of benzene rings is 2. The number of aromatic hydroxyl groups is 1. The van der Waals surface area contributed by atoms with Gasteiger partial charge in [-0.05, 0) is 36.4 Å². The monoisotopic (exact) mass is 305 g/mol. The van der Waals surface area contributed by atoms with Crippen molar-refractivity contribution in [3.05, 3.63) is 58.6 Å². The fraction of sp³-hybridized carbons (Fsp3) is 0.0667. The number of esters is 1. The van der Waals surface area contributed by atoms with E-state index in [1.165, 1.54) is 31.4 Å². The first-order chi connectivity index (χ1) is 10.0. The molecule has 0 aromatic heterocycles. The van der Waals surface area contributed by atoms with E-state index in [9.17, 15) is 14.7 Å². The summed E-state index contributed by atoms with van der Waals surface area (Å²) in [4.78, 5) is 23.5. The van der Waals surface area contributed by atoms with Crippen LogP contribution in [-0.4, -0.2) is 24.1 Å². The van der Waals surface area contributed by atoms with Gasteiger partial charge in [-0.3, -0.25) is 4.79 Å². The van der Waals surface area contributed by atoms with Crippen LogP contribution in [0, 0.1) is 0 Å². The molecular formula is C15H12ClNO4. The Morgan fingerprint density at radius 1 is 1.19 bits per heavy atom. The predicted molar refractivity (Wildman–Crippen MR) is 78.9 cm³/mol. The summed E-state index contributed by atoms with van der Waals surface area (Å²) in [5.74, 6) is -1.05. The molecule has 2 aromatic carbocycles. The lowest BCUT2D eigenvalue weighted by molar-refractivity contribution is 0.0600. The Morgan fingerprint density at radius 2 is 1.95 bits per heavy atom. The first kappa shape index (κ1) is 14.9. The molecule has 0 unspecified atom stereocenters. The van der Waals surface area contributed by atoms with E-state index in [0.29, 0.717) is 11.3 Å². The van der Waals surface area contributed by atoms with Crippen LogP contribution >= 0.6 is 11.6 Å². The van der Waals surface area contributed by atoms with E-state index in [0.717, 1.165) is 0 Å². The molecule has 108 valence electrons. The zero-order valence-corrected chi connectivity index (χ0v) is 11.8. The van der Waals surface area contributed by atoms with Crippen molar-refractivity contribution in [3.8, 4) is 5.75 Å². The third kappa shape index (κ3) is 3.52. The first-order valence-electron chi connectivity index (χ1n) is 5.99. The van der Waals surface area contributed by atoms with Crippen LogP contribution in [0.25, 0.3) is 0 Å². The molecule has 0 aliphatic heterocycles. The largest absolute Gasteiger partial charge is 0.508 e. The van der Waals surface area contributed by atoms with Gasteiger partial charge in [0.25, 0.3) is 5.91 Å². The quantitative estimate of drug-likeness (QED) is 0.854. The molecule has 0 aliphatic rings. The maximum Gasteiger partial charge on any atom is 0.337 e. The molecule has 6 heteroatoms. The molecule has 0 radical (unpaired) electrons. The number of methoxy groups -OCH3 is 1. The third-order valence-electron chi connectivity index (χ3n) is 2.74. The Labute approximate surface area is 126 Å². The smallest absolute Gasteiger partial charge is 0.337 e. The Hall–Kier alpha value is -2.53. The number of amides is 1. The van der Waals surface area contributed by atoms with E-state index < -0.39 is 11.9 Å². The number of nitrogens with one attached hydrogen (secondary N) is 1. The molecule has 2 aromatic rings. The zero-order chi connectivity index (χ0) is 15.4. The predicted octanol–water partition coefficient (Wildman–Crippen LogP) is 3.08. The highest BCUT2D eigenvalue weighted by Gasteiger charge is 2.13. The summed E-state index contributed by atoms with van der Waals surface area (Å²) in [6.45, 7) is 0. The second kappa shape index (κ2) is 6.28. The number of carbonyl (C=O) groups excluding carboxylic acids is 2. The SMILES string of the molecule is COC(=O)c1cccc(NC(=O)c2cc(O)ccc2Cl)c1. The van der Waals surface area contributed by atoms with Crippen molar-refractivity contribution in [2.75, 3.05) is 12.4 Å². The number of halogens is 1. The minimum absolute atomic E-state index is 0.0622. The van der Waals surface area contributed by atoms with Gasteiger partial charge in [0.2, 0.25) is 0 Å². The summed E-state index contributed by atoms with van der Waals surface area (Å²) in [6.07, 6.45) is 0. The molecule has 1 amide bonds. The van der Waals surface area contributed by atoms with Crippen LogP contribution in [-0.2, 0) is 4.74 Å². The molecule has 0 bridgehead atoms. The minimum atomic E-state index is -0.499. The van der Waals surface area contributed by atoms with Crippen LogP contribution in [0.4, 0.5) is 5.69 Å². The summed E-state index contributed by atoms with van der Waals surface area (Å²) in [5.41, 5.74) is 0.875. The molecule has 0 fully saturated rings. The molecule has 0 atom stereocenters. The lowest BCUT2D eigenvalue weighted by Crippen LogP contribution is -2.13. The summed E-state index contributed by atoms with van der Waals surface area (Å²) in [5, 5.41) is 12.2. The number of hydrogen-bond donors (Lipinski definition) is 2. The summed E-state index contributed by atoms with van der Waals surface area (Å²) in [6, 6.07) is 10.4. The molecule has 5 nitrogen and oxygen atoms in total. The lowest BCUT2D eigenvalue weighted by Gasteiger charge is -2.08. The molecule has 0 spiro atoms. The van der Waals surface area contributed by atoms with Crippen LogP contribution in [0.1, 0.15) is 20.7 Å². The maximum absolute atomic E-state index is 12.1. The Bertz CT molecular complexity index is 700. The molecule has 0 saturated heterocycles. The molecular weight excluding hydrogens is 294 g/mol. The number of carbonyl (C=O) groups is 2. The van der Waals surface area contributed by atoms with Gasteiger partial charge >= 0.3 is 5.97 Å². The number of phenols is 1. The van der Waals surface area contributed by atoms with E-state index in [-0.39, 0.29) is 16.3 Å². The summed E-state index contributed by atoms with van der Waals surface area (Å²) in [7, 11) is 1.28. The van der Waals surface area contributed by atoms with Crippen LogP contribution in [0.3, 0.4) is 0 Å². The normalized spacial score (nSPS) is 10.0. The Balaban J connectivity index is 2.23.